The van der Waals surface area contributed by atoms with Crippen molar-refractivity contribution in [1.82, 2.24) is 0 Å². The molecule has 0 radical (unpaired) electrons. The first kappa shape index (κ1) is 101. The molecule has 604 valence electrons. The highest BCUT2D eigenvalue weighted by molar-refractivity contribution is 7.47. The zero-order chi connectivity index (χ0) is 77.4. The molecule has 0 aromatic rings. The number of hydrogen-bond acceptors (Lipinski definition) is 15. The second-order valence-corrected chi connectivity index (χ2v) is 29.5. The zero-order valence-electron chi connectivity index (χ0n) is 66.1. The third-order valence-corrected chi connectivity index (χ3v) is 18.4. The zero-order valence-corrected chi connectivity index (χ0v) is 67.8. The van der Waals surface area contributed by atoms with Gasteiger partial charge in [0.15, 0.2) is 12.2 Å². The van der Waals surface area contributed by atoms with Crippen LogP contribution in [0.1, 0.15) is 310 Å². The van der Waals surface area contributed by atoms with Crippen LogP contribution in [0.15, 0.2) is 158 Å². The number of hydrogen-bond donors (Lipinski definition) is 3. The largest absolute Gasteiger partial charge is 0.472 e. The normalized spacial score (nSPS) is 14.7. The standard InChI is InChI=1S/C87H144O17P2/c1-5-9-13-17-21-25-29-33-37-39-40-42-46-48-52-56-60-64-68-72-85(90)98-78-83(104-87(92)74-70-66-62-58-54-50-44-36-32-28-24-20-16-12-8-4)80-102-106(95,96)100-76-81(88)75-99-105(93,94)101-79-82(103-86(91)73-69-65-61-57-53-49-43-35-31-27-23-19-15-11-7-3)77-97-84(89)71-67-63-59-55-51-47-45-41-38-34-30-26-22-18-14-10-6-2/h10-11,14-15,21-23,25-27,33-38,40,42-45,47,53,57,65,69,81-83,88H,5-9,12-13,16-20,24,28-32,39,41,46,48-52,54-56,58-64,66-68,70-80H2,1-4H3,(H,93,94)(H,95,96)/b14-10-,15-11-,25-21-,26-22-,27-23-,37-33-,38-34-,42-40-,43-35-,44-36-,47-45-,57-53-,69-65-. The van der Waals surface area contributed by atoms with Crippen LogP contribution in [0.5, 0.6) is 0 Å². The molecule has 0 aliphatic heterocycles. The van der Waals surface area contributed by atoms with Crippen molar-refractivity contribution in [3.63, 3.8) is 0 Å². The molecular weight excluding hydrogens is 1380 g/mol. The van der Waals surface area contributed by atoms with Gasteiger partial charge in [0.2, 0.25) is 0 Å². The number of aliphatic hydroxyl groups excluding tert-OH is 1. The van der Waals surface area contributed by atoms with Crippen molar-refractivity contribution in [2.24, 2.45) is 0 Å². The maximum absolute atomic E-state index is 13.1. The number of esters is 4. The summed E-state index contributed by atoms with van der Waals surface area (Å²) in [5.74, 6) is -2.38. The Morgan fingerprint density at radius 3 is 0.868 bits per heavy atom. The number of phosphoric acid groups is 2. The van der Waals surface area contributed by atoms with E-state index < -0.39 is 97.5 Å². The first-order valence-electron chi connectivity index (χ1n) is 40.7. The molecule has 0 bridgehead atoms. The van der Waals surface area contributed by atoms with E-state index >= 15 is 0 Å². The highest BCUT2D eigenvalue weighted by Crippen LogP contribution is 2.45. The minimum absolute atomic E-state index is 0.0753. The first-order chi connectivity index (χ1) is 51.7. The minimum Gasteiger partial charge on any atom is -0.462 e. The van der Waals surface area contributed by atoms with Crippen molar-refractivity contribution >= 4 is 39.5 Å². The lowest BCUT2D eigenvalue weighted by Crippen LogP contribution is -2.30. The predicted octanol–water partition coefficient (Wildman–Crippen LogP) is 24.0. The minimum atomic E-state index is -5.02. The Hall–Kier alpha value is -5.32. The van der Waals surface area contributed by atoms with Crippen LogP contribution in [-0.2, 0) is 65.4 Å². The summed E-state index contributed by atoms with van der Waals surface area (Å²) in [6, 6.07) is 0. The molecule has 0 amide bonds. The molecule has 19 heteroatoms. The Balaban J connectivity index is 5.47. The van der Waals surface area contributed by atoms with Crippen molar-refractivity contribution in [1.29, 1.82) is 0 Å². The second-order valence-electron chi connectivity index (χ2n) is 26.6. The van der Waals surface area contributed by atoms with E-state index in [4.69, 9.17) is 37.0 Å². The maximum Gasteiger partial charge on any atom is 0.472 e. The van der Waals surface area contributed by atoms with Gasteiger partial charge in [0, 0.05) is 19.3 Å². The molecule has 0 rings (SSSR count). The molecule has 0 saturated heterocycles. The number of phosphoric ester groups is 2. The summed E-state index contributed by atoms with van der Waals surface area (Å²) in [4.78, 5) is 73.0. The van der Waals surface area contributed by atoms with Gasteiger partial charge in [-0.25, -0.2) is 9.13 Å². The lowest BCUT2D eigenvalue weighted by Gasteiger charge is -2.21. The molecular formula is C87H144O17P2. The van der Waals surface area contributed by atoms with Crippen LogP contribution in [0.4, 0.5) is 0 Å². The van der Waals surface area contributed by atoms with E-state index in [9.17, 15) is 43.2 Å². The van der Waals surface area contributed by atoms with E-state index in [1.807, 2.05) is 12.2 Å². The van der Waals surface area contributed by atoms with Gasteiger partial charge in [0.1, 0.15) is 19.3 Å². The summed E-state index contributed by atoms with van der Waals surface area (Å²) < 4.78 is 68.5. The molecule has 3 N–H and O–H groups in total. The Labute approximate surface area is 642 Å². The number of carbonyl (C=O) groups is 4. The van der Waals surface area contributed by atoms with Gasteiger partial charge in [-0.15, -0.1) is 0 Å². The first-order valence-corrected chi connectivity index (χ1v) is 43.7. The average molecular weight is 1520 g/mol. The topological polar surface area (TPSA) is 237 Å². The highest BCUT2D eigenvalue weighted by atomic mass is 31.2. The van der Waals surface area contributed by atoms with Crippen molar-refractivity contribution in [3.8, 4) is 0 Å². The van der Waals surface area contributed by atoms with Crippen LogP contribution >= 0.6 is 15.6 Å². The van der Waals surface area contributed by atoms with E-state index in [0.29, 0.717) is 25.7 Å². The van der Waals surface area contributed by atoms with Crippen LogP contribution in [0.25, 0.3) is 0 Å². The van der Waals surface area contributed by atoms with E-state index in [-0.39, 0.29) is 25.7 Å². The summed E-state index contributed by atoms with van der Waals surface area (Å²) >= 11 is 0. The molecule has 5 unspecified atom stereocenters. The van der Waals surface area contributed by atoms with Gasteiger partial charge in [-0.3, -0.25) is 37.3 Å². The third-order valence-electron chi connectivity index (χ3n) is 16.5. The SMILES string of the molecule is CC/C=C\C/C=C\C/C=C\C/C=C\C/C=C\CC(=O)OC(COC(=O)CCCCCC/C=C\C/C=C\C/C=C\C/C=C\CC)COP(=O)(O)OCC(O)COP(=O)(O)OCC(COC(=O)CCCCCCCC/C=C\C/C=C\C/C=C\CCCCC)OC(=O)CCCCCCC/C=C\CCCCCCCC. The molecule has 5 atom stereocenters. The van der Waals surface area contributed by atoms with E-state index in [1.165, 1.54) is 57.8 Å². The fourth-order valence-corrected chi connectivity index (χ4v) is 11.9. The smallest absolute Gasteiger partial charge is 0.462 e. The van der Waals surface area contributed by atoms with Crippen LogP contribution in [0.3, 0.4) is 0 Å². The Kier molecular flexibility index (Phi) is 73.9. The molecule has 0 saturated carbocycles. The second kappa shape index (κ2) is 77.8. The number of carbonyl (C=O) groups excluding carboxylic acids is 4. The number of allylic oxidation sites excluding steroid dienone is 25. The van der Waals surface area contributed by atoms with Gasteiger partial charge in [-0.2, -0.15) is 0 Å². The van der Waals surface area contributed by atoms with Crippen molar-refractivity contribution < 1.29 is 80.2 Å². The summed E-state index contributed by atoms with van der Waals surface area (Å²) in [6.45, 7) is 4.45. The van der Waals surface area contributed by atoms with E-state index in [0.717, 1.165) is 173 Å². The van der Waals surface area contributed by atoms with Gasteiger partial charge in [0.05, 0.1) is 32.8 Å². The average Bonchev–Trinajstić information content (AvgIpc) is 0.902. The fraction of sp³-hybridized carbons (Fsp3) is 0.655. The third kappa shape index (κ3) is 76.9. The monoisotopic (exact) mass is 1520 g/mol. The van der Waals surface area contributed by atoms with E-state index in [2.05, 4.69) is 161 Å². The van der Waals surface area contributed by atoms with Gasteiger partial charge in [-0.1, -0.05) is 288 Å². The molecule has 0 aliphatic carbocycles. The number of aliphatic hydroxyl groups is 1. The van der Waals surface area contributed by atoms with Crippen molar-refractivity contribution in [2.75, 3.05) is 39.6 Å². The van der Waals surface area contributed by atoms with Crippen LogP contribution in [0.2, 0.25) is 0 Å². The molecule has 0 fully saturated rings. The molecule has 0 aromatic heterocycles. The maximum atomic E-state index is 13.1. The van der Waals surface area contributed by atoms with Gasteiger partial charge < -0.3 is 33.8 Å². The van der Waals surface area contributed by atoms with Crippen molar-refractivity contribution in [2.45, 2.75) is 329 Å². The van der Waals surface area contributed by atoms with Crippen LogP contribution in [-0.4, -0.2) is 96.7 Å². The van der Waals surface area contributed by atoms with E-state index in [1.54, 1.807) is 12.2 Å². The fourth-order valence-electron chi connectivity index (χ4n) is 10.3. The summed E-state index contributed by atoms with van der Waals surface area (Å²) in [5, 5.41) is 10.6. The van der Waals surface area contributed by atoms with Gasteiger partial charge >= 0.3 is 39.5 Å². The molecule has 0 aliphatic rings. The van der Waals surface area contributed by atoms with Gasteiger partial charge in [0.25, 0.3) is 0 Å². The Morgan fingerprint density at radius 2 is 0.528 bits per heavy atom. The molecule has 0 heterocycles. The highest BCUT2D eigenvalue weighted by Gasteiger charge is 2.30. The lowest BCUT2D eigenvalue weighted by atomic mass is 10.1. The number of rotatable bonds is 75. The Morgan fingerprint density at radius 1 is 0.283 bits per heavy atom. The van der Waals surface area contributed by atoms with Crippen molar-refractivity contribution in [3.05, 3.63) is 158 Å². The summed E-state index contributed by atoms with van der Waals surface area (Å²) in [6.07, 6.45) is 91.0. The quantitative estimate of drug-likeness (QED) is 0.0169. The molecule has 17 nitrogen and oxygen atoms in total. The summed E-state index contributed by atoms with van der Waals surface area (Å²) in [7, 11) is -10.0. The molecule has 0 spiro atoms. The number of unbranched alkanes of at least 4 members (excludes halogenated alkanes) is 24. The predicted molar refractivity (Wildman–Crippen MR) is 436 cm³/mol. The molecule has 106 heavy (non-hydrogen) atoms. The van der Waals surface area contributed by atoms with Crippen LogP contribution < -0.4 is 0 Å². The Bertz CT molecular complexity index is 2630. The summed E-state index contributed by atoms with van der Waals surface area (Å²) in [5.41, 5.74) is 0. The van der Waals surface area contributed by atoms with Gasteiger partial charge in [-0.05, 0) is 154 Å². The molecule has 0 aromatic carbocycles. The lowest BCUT2D eigenvalue weighted by molar-refractivity contribution is -0.161. The number of ether oxygens (including phenoxy) is 4. The van der Waals surface area contributed by atoms with Crippen LogP contribution in [0, 0.1) is 0 Å².